The van der Waals surface area contributed by atoms with Crippen molar-refractivity contribution in [2.45, 2.75) is 40.0 Å². The van der Waals surface area contributed by atoms with Crippen LogP contribution in [0.3, 0.4) is 0 Å². The third kappa shape index (κ3) is 7.15. The minimum atomic E-state index is -3.25. The fourth-order valence-electron chi connectivity index (χ4n) is 3.00. The summed E-state index contributed by atoms with van der Waals surface area (Å²) in [4.78, 5) is 1.03. The van der Waals surface area contributed by atoms with Crippen LogP contribution >= 0.6 is 26.5 Å². The van der Waals surface area contributed by atoms with Crippen LogP contribution in [0.4, 0.5) is 0 Å². The molecule has 0 fully saturated rings. The first-order valence-electron chi connectivity index (χ1n) is 10.8. The van der Waals surface area contributed by atoms with E-state index in [1.54, 1.807) is 39.0 Å². The quantitative estimate of drug-likeness (QED) is 0.292. The first-order valence-corrected chi connectivity index (χ1v) is 14.1. The largest absolute Gasteiger partial charge is 0.335 e. The molecule has 0 radical (unpaired) electrons. The summed E-state index contributed by atoms with van der Waals surface area (Å²) in [6, 6.07) is 9.71. The molecule has 1 aromatic carbocycles. The lowest BCUT2D eigenvalue weighted by molar-refractivity contribution is 0.218. The fraction of sp³-hybridized carbons (Fsp3) is 0.500. The number of benzene rings is 1. The summed E-state index contributed by atoms with van der Waals surface area (Å²) in [5.74, 6) is 0. The van der Waals surface area contributed by atoms with Gasteiger partial charge in [0.1, 0.15) is 0 Å². The van der Waals surface area contributed by atoms with E-state index in [9.17, 15) is 9.13 Å². The van der Waals surface area contributed by atoms with E-state index in [-0.39, 0.29) is 12.3 Å². The van der Waals surface area contributed by atoms with Crippen molar-refractivity contribution in [3.05, 3.63) is 46.8 Å². The predicted molar refractivity (Wildman–Crippen MR) is 121 cm³/mol. The van der Waals surface area contributed by atoms with Crippen LogP contribution in [0.1, 0.15) is 41.8 Å². The van der Waals surface area contributed by atoms with Crippen molar-refractivity contribution in [3.63, 3.8) is 0 Å². The zero-order valence-corrected chi connectivity index (χ0v) is 20.1. The second-order valence-corrected chi connectivity index (χ2v) is 11.2. The molecule has 1 aromatic heterocycles. The molecule has 0 spiro atoms. The topological polar surface area (TPSA) is 71.1 Å². The van der Waals surface area contributed by atoms with Gasteiger partial charge in [-0.25, -0.2) is 0 Å². The van der Waals surface area contributed by atoms with Crippen molar-refractivity contribution in [2.24, 2.45) is 0 Å². The van der Waals surface area contributed by atoms with Crippen molar-refractivity contribution in [1.82, 2.24) is 0 Å². The van der Waals surface area contributed by atoms with Gasteiger partial charge < -0.3 is 18.1 Å². The van der Waals surface area contributed by atoms with E-state index in [0.717, 1.165) is 21.6 Å². The summed E-state index contributed by atoms with van der Waals surface area (Å²) in [6.45, 7) is 8.46. The lowest BCUT2D eigenvalue weighted by Gasteiger charge is -2.20. The van der Waals surface area contributed by atoms with Crippen LogP contribution in [-0.2, 0) is 39.5 Å². The summed E-state index contributed by atoms with van der Waals surface area (Å²) < 4.78 is 57.8. The molecule has 0 amide bonds. The highest BCUT2D eigenvalue weighted by Gasteiger charge is 2.28. The highest BCUT2D eigenvalue weighted by atomic mass is 32.1. The second-order valence-electron chi connectivity index (χ2n) is 6.18. The Balaban J connectivity index is 0.00000233. The molecule has 1 heterocycles. The molecule has 0 bridgehead atoms. The van der Waals surface area contributed by atoms with Gasteiger partial charge in [-0.1, -0.05) is 18.2 Å². The van der Waals surface area contributed by atoms with Gasteiger partial charge in [0.25, 0.3) is 0 Å². The monoisotopic (exact) mass is 464 g/mol. The van der Waals surface area contributed by atoms with Crippen molar-refractivity contribution >= 4 is 26.5 Å². The van der Waals surface area contributed by atoms with E-state index in [1.807, 2.05) is 35.7 Å². The summed E-state index contributed by atoms with van der Waals surface area (Å²) in [5.41, 5.74) is 2.63. The first-order chi connectivity index (χ1) is 14.9. The van der Waals surface area contributed by atoms with E-state index in [2.05, 4.69) is 0 Å². The molecule has 0 saturated heterocycles. The zero-order chi connectivity index (χ0) is 23.3. The predicted octanol–water partition coefficient (Wildman–Crippen LogP) is 7.19. The Labute approximate surface area is 180 Å². The Hall–Kier alpha value is -0.780. The fourth-order valence-corrected chi connectivity index (χ4v) is 7.20. The van der Waals surface area contributed by atoms with Gasteiger partial charge in [-0.05, 0) is 61.9 Å². The maximum atomic E-state index is 13.1. The van der Waals surface area contributed by atoms with Gasteiger partial charge in [0, 0.05) is 7.85 Å². The van der Waals surface area contributed by atoms with Gasteiger partial charge in [0.05, 0.1) is 38.8 Å². The van der Waals surface area contributed by atoms with Gasteiger partial charge in [0.2, 0.25) is 0 Å². The molecule has 2 aromatic rings. The number of hydrogen-bond donors (Lipinski definition) is 0. The van der Waals surface area contributed by atoms with Gasteiger partial charge in [-0.3, -0.25) is 9.13 Å². The Bertz CT molecular complexity index is 843. The van der Waals surface area contributed by atoms with Crippen LogP contribution in [0.2, 0.25) is 0 Å². The number of rotatable bonds is 13. The van der Waals surface area contributed by atoms with E-state index in [1.165, 1.54) is 0 Å². The van der Waals surface area contributed by atoms with Gasteiger partial charge >= 0.3 is 15.2 Å². The Morgan fingerprint density at radius 2 is 1.41 bits per heavy atom. The molecule has 0 atom stereocenters. The van der Waals surface area contributed by atoms with Crippen molar-refractivity contribution < 1.29 is 30.2 Å². The van der Waals surface area contributed by atoms with E-state index < -0.39 is 15.2 Å². The van der Waals surface area contributed by atoms with Crippen molar-refractivity contribution in [3.8, 4) is 10.4 Å². The van der Waals surface area contributed by atoms with Crippen molar-refractivity contribution in [1.29, 1.82) is 0 Å². The minimum absolute atomic E-state index is 0.177. The normalized spacial score (nSPS) is 12.7. The lowest BCUT2D eigenvalue weighted by Crippen LogP contribution is -2.02. The number of thiophene rings is 1. The van der Waals surface area contributed by atoms with Crippen LogP contribution < -0.4 is 0 Å². The molecule has 2 rings (SSSR count). The molecule has 0 unspecified atom stereocenters. The SMILES string of the molecule is CCOP(=O)(Cc1ccc(CP(=O)(OCC)OCC)c(-c2cccs2)c1)OCC.[2H][2H]. The Morgan fingerprint density at radius 1 is 0.862 bits per heavy atom. The smallest absolute Gasteiger partial charge is 0.309 e. The molecule has 29 heavy (non-hydrogen) atoms. The molecule has 0 saturated carbocycles. The molecule has 0 aliphatic rings. The van der Waals surface area contributed by atoms with Crippen LogP contribution in [-0.4, -0.2) is 26.4 Å². The van der Waals surface area contributed by atoms with Crippen LogP contribution in [0, 0.1) is 0 Å². The van der Waals surface area contributed by atoms with Gasteiger partial charge in [-0.15, -0.1) is 11.3 Å². The molecule has 0 aliphatic heterocycles. The molecule has 0 N–H and O–H groups in total. The van der Waals surface area contributed by atoms with Crippen LogP contribution in [0.25, 0.3) is 10.4 Å². The first kappa shape index (κ1) is 22.9. The highest BCUT2D eigenvalue weighted by molar-refractivity contribution is 7.53. The third-order valence-corrected chi connectivity index (χ3v) is 8.99. The van der Waals surface area contributed by atoms with E-state index in [4.69, 9.17) is 21.1 Å². The third-order valence-electron chi connectivity index (χ3n) is 4.00. The average Bonchev–Trinajstić information content (AvgIpc) is 3.26. The summed E-state index contributed by atoms with van der Waals surface area (Å²) in [5, 5.41) is 1.99. The van der Waals surface area contributed by atoms with Crippen molar-refractivity contribution in [2.75, 3.05) is 26.4 Å². The summed E-state index contributed by atoms with van der Waals surface area (Å²) >= 11 is 1.59. The number of hydrogen-bond acceptors (Lipinski definition) is 7. The standard InChI is InChI=1S/C20H30O6P2S.H2/c1-5-23-27(21,24-6-2)15-17-11-12-18(16-28(22,25-7-3)26-8-4)19(14-17)20-10-9-13-29-20;/h9-14H,5-8,15-16H2,1-4H3;1H/i;1+1D. The molecular formula is C20H32O6P2S. The maximum Gasteiger partial charge on any atom is 0.335 e. The lowest BCUT2D eigenvalue weighted by atomic mass is 10.0. The summed E-state index contributed by atoms with van der Waals surface area (Å²) in [6.07, 6.45) is 0.360. The molecule has 9 heteroatoms. The highest BCUT2D eigenvalue weighted by Crippen LogP contribution is 2.54. The zero-order valence-electron chi connectivity index (χ0n) is 19.5. The minimum Gasteiger partial charge on any atom is -0.309 e. The molecule has 164 valence electrons. The van der Waals surface area contributed by atoms with Gasteiger partial charge in [-0.2, -0.15) is 0 Å². The van der Waals surface area contributed by atoms with Crippen LogP contribution in [0.15, 0.2) is 35.7 Å². The molecular weight excluding hydrogens is 430 g/mol. The van der Waals surface area contributed by atoms with E-state index in [0.29, 0.717) is 26.4 Å². The van der Waals surface area contributed by atoms with E-state index >= 15 is 0 Å². The Morgan fingerprint density at radius 3 is 1.90 bits per heavy atom. The van der Waals surface area contributed by atoms with Crippen LogP contribution in [0.5, 0.6) is 0 Å². The Kier molecular flexibility index (Phi) is 9.13. The molecule has 6 nitrogen and oxygen atoms in total. The molecule has 0 aliphatic carbocycles. The summed E-state index contributed by atoms with van der Waals surface area (Å²) in [7, 11) is -6.46. The van der Waals surface area contributed by atoms with Gasteiger partial charge in [0.15, 0.2) is 0 Å². The maximum absolute atomic E-state index is 13.1. The second kappa shape index (κ2) is 11.6. The average molecular weight is 464 g/mol.